The van der Waals surface area contributed by atoms with Crippen molar-refractivity contribution < 1.29 is 9.47 Å². The second kappa shape index (κ2) is 7.12. The third-order valence-corrected chi connectivity index (χ3v) is 2.52. The first-order valence-corrected chi connectivity index (χ1v) is 5.73. The van der Waals surface area contributed by atoms with Gasteiger partial charge in [0.25, 0.3) is 0 Å². The van der Waals surface area contributed by atoms with Crippen LogP contribution < -0.4 is 14.8 Å². The van der Waals surface area contributed by atoms with Gasteiger partial charge in [0.05, 0.1) is 14.2 Å². The van der Waals surface area contributed by atoms with Crippen molar-refractivity contribution in [2.45, 2.75) is 19.8 Å². The molecule has 0 bridgehead atoms. The van der Waals surface area contributed by atoms with Crippen LogP contribution in [0.15, 0.2) is 18.2 Å². The summed E-state index contributed by atoms with van der Waals surface area (Å²) in [6.07, 6.45) is 2.21. The van der Waals surface area contributed by atoms with Crippen LogP contribution in [-0.4, -0.2) is 27.3 Å². The maximum Gasteiger partial charge on any atom is 0.160 e. The van der Waals surface area contributed by atoms with Crippen molar-refractivity contribution in [3.8, 4) is 11.5 Å². The summed E-state index contributed by atoms with van der Waals surface area (Å²) in [5.41, 5.74) is 1.29. The van der Waals surface area contributed by atoms with Gasteiger partial charge in [-0.1, -0.05) is 13.0 Å². The predicted molar refractivity (Wildman–Crippen MR) is 66.4 cm³/mol. The Bertz CT molecular complexity index is 313. The van der Waals surface area contributed by atoms with Crippen LogP contribution in [0, 0.1) is 0 Å². The standard InChI is InChI=1S/C13H21NO2/c1-4-14-9-5-6-11-7-8-12(15-2)13(10-11)16-3/h7-8,10,14H,4-6,9H2,1-3H3. The molecule has 3 heteroatoms. The van der Waals surface area contributed by atoms with Crippen LogP contribution in [0.1, 0.15) is 18.9 Å². The molecule has 0 aliphatic heterocycles. The van der Waals surface area contributed by atoms with Gasteiger partial charge in [0.2, 0.25) is 0 Å². The van der Waals surface area contributed by atoms with E-state index in [0.29, 0.717) is 0 Å². The van der Waals surface area contributed by atoms with Crippen molar-refractivity contribution in [2.24, 2.45) is 0 Å². The van der Waals surface area contributed by atoms with Crippen LogP contribution in [0.25, 0.3) is 0 Å². The molecule has 0 spiro atoms. The molecule has 0 fully saturated rings. The van der Waals surface area contributed by atoms with E-state index in [9.17, 15) is 0 Å². The molecule has 0 radical (unpaired) electrons. The molecule has 1 aromatic rings. The summed E-state index contributed by atoms with van der Waals surface area (Å²) in [7, 11) is 3.32. The molecule has 0 atom stereocenters. The van der Waals surface area contributed by atoms with E-state index < -0.39 is 0 Å². The Morgan fingerprint density at radius 3 is 2.50 bits per heavy atom. The molecule has 0 heterocycles. The number of methoxy groups -OCH3 is 2. The monoisotopic (exact) mass is 223 g/mol. The highest BCUT2D eigenvalue weighted by molar-refractivity contribution is 5.42. The molecule has 16 heavy (non-hydrogen) atoms. The van der Waals surface area contributed by atoms with Crippen molar-refractivity contribution in [3.63, 3.8) is 0 Å². The zero-order chi connectivity index (χ0) is 11.8. The average Bonchev–Trinajstić information content (AvgIpc) is 2.34. The smallest absolute Gasteiger partial charge is 0.160 e. The minimum absolute atomic E-state index is 0.790. The molecule has 90 valence electrons. The zero-order valence-electron chi connectivity index (χ0n) is 10.4. The van der Waals surface area contributed by atoms with Gasteiger partial charge < -0.3 is 14.8 Å². The lowest BCUT2D eigenvalue weighted by Gasteiger charge is -2.09. The number of nitrogens with one attached hydrogen (secondary N) is 1. The van der Waals surface area contributed by atoms with Crippen LogP contribution in [0.2, 0.25) is 0 Å². The maximum absolute atomic E-state index is 5.26. The summed E-state index contributed by atoms with van der Waals surface area (Å²) in [6, 6.07) is 6.10. The Hall–Kier alpha value is -1.22. The first-order chi connectivity index (χ1) is 7.81. The van der Waals surface area contributed by atoms with Crippen molar-refractivity contribution in [2.75, 3.05) is 27.3 Å². The fourth-order valence-electron chi connectivity index (χ4n) is 1.63. The molecule has 0 saturated carbocycles. The second-order valence-corrected chi connectivity index (χ2v) is 3.65. The van der Waals surface area contributed by atoms with Gasteiger partial charge in [0.1, 0.15) is 0 Å². The largest absolute Gasteiger partial charge is 0.493 e. The fourth-order valence-corrected chi connectivity index (χ4v) is 1.63. The summed E-state index contributed by atoms with van der Waals surface area (Å²) in [5, 5.41) is 3.31. The highest BCUT2D eigenvalue weighted by Gasteiger charge is 2.03. The van der Waals surface area contributed by atoms with Gasteiger partial charge in [-0.2, -0.15) is 0 Å². The Morgan fingerprint density at radius 2 is 1.88 bits per heavy atom. The third kappa shape index (κ3) is 3.74. The van der Waals surface area contributed by atoms with Crippen LogP contribution in [0.5, 0.6) is 11.5 Å². The molecule has 0 aromatic heterocycles. The number of rotatable bonds is 7. The SMILES string of the molecule is CCNCCCc1ccc(OC)c(OC)c1. The lowest BCUT2D eigenvalue weighted by atomic mass is 10.1. The molecule has 1 aromatic carbocycles. The van der Waals surface area contributed by atoms with E-state index >= 15 is 0 Å². The van der Waals surface area contributed by atoms with Gasteiger partial charge in [-0.25, -0.2) is 0 Å². The molecular formula is C13H21NO2. The summed E-state index contributed by atoms with van der Waals surface area (Å²) in [4.78, 5) is 0. The molecule has 1 N–H and O–H groups in total. The molecule has 0 aliphatic rings. The summed E-state index contributed by atoms with van der Waals surface area (Å²) < 4.78 is 10.5. The van der Waals surface area contributed by atoms with E-state index in [1.807, 2.05) is 12.1 Å². The number of aryl methyl sites for hydroxylation is 1. The van der Waals surface area contributed by atoms with Gasteiger partial charge in [0, 0.05) is 0 Å². The quantitative estimate of drug-likeness (QED) is 0.719. The summed E-state index contributed by atoms with van der Waals surface area (Å²) >= 11 is 0. The molecule has 0 saturated heterocycles. The molecular weight excluding hydrogens is 202 g/mol. The number of hydrogen-bond acceptors (Lipinski definition) is 3. The minimum atomic E-state index is 0.790. The van der Waals surface area contributed by atoms with E-state index in [-0.39, 0.29) is 0 Å². The number of ether oxygens (including phenoxy) is 2. The van der Waals surface area contributed by atoms with Gasteiger partial charge in [-0.15, -0.1) is 0 Å². The highest BCUT2D eigenvalue weighted by atomic mass is 16.5. The van der Waals surface area contributed by atoms with Crippen molar-refractivity contribution in [3.05, 3.63) is 23.8 Å². The minimum Gasteiger partial charge on any atom is -0.493 e. The first kappa shape index (κ1) is 12.8. The topological polar surface area (TPSA) is 30.5 Å². The van der Waals surface area contributed by atoms with Crippen LogP contribution in [0.4, 0.5) is 0 Å². The van der Waals surface area contributed by atoms with Gasteiger partial charge in [-0.3, -0.25) is 0 Å². The Morgan fingerprint density at radius 1 is 1.12 bits per heavy atom. The van der Waals surface area contributed by atoms with Crippen LogP contribution >= 0.6 is 0 Å². The van der Waals surface area contributed by atoms with Crippen molar-refractivity contribution in [1.29, 1.82) is 0 Å². The predicted octanol–water partition coefficient (Wildman–Crippen LogP) is 2.25. The van der Waals surface area contributed by atoms with E-state index in [1.54, 1.807) is 14.2 Å². The van der Waals surface area contributed by atoms with Gasteiger partial charge >= 0.3 is 0 Å². The Kier molecular flexibility index (Phi) is 5.72. The van der Waals surface area contributed by atoms with Gasteiger partial charge in [-0.05, 0) is 43.6 Å². The third-order valence-electron chi connectivity index (χ3n) is 2.52. The van der Waals surface area contributed by atoms with E-state index in [1.165, 1.54) is 5.56 Å². The van der Waals surface area contributed by atoms with Crippen molar-refractivity contribution >= 4 is 0 Å². The summed E-state index contributed by atoms with van der Waals surface area (Å²) in [5.74, 6) is 1.60. The molecule has 0 aliphatic carbocycles. The van der Waals surface area contributed by atoms with E-state index in [2.05, 4.69) is 18.3 Å². The normalized spacial score (nSPS) is 10.2. The van der Waals surface area contributed by atoms with Gasteiger partial charge in [0.15, 0.2) is 11.5 Å². The first-order valence-electron chi connectivity index (χ1n) is 5.73. The summed E-state index contributed by atoms with van der Waals surface area (Å²) in [6.45, 7) is 4.22. The molecule has 0 unspecified atom stereocenters. The lowest BCUT2D eigenvalue weighted by Crippen LogP contribution is -2.14. The number of hydrogen-bond donors (Lipinski definition) is 1. The maximum atomic E-state index is 5.26. The molecule has 3 nitrogen and oxygen atoms in total. The van der Waals surface area contributed by atoms with Crippen molar-refractivity contribution in [1.82, 2.24) is 5.32 Å². The van der Waals surface area contributed by atoms with Crippen LogP contribution in [-0.2, 0) is 6.42 Å². The lowest BCUT2D eigenvalue weighted by molar-refractivity contribution is 0.354. The fraction of sp³-hybridized carbons (Fsp3) is 0.538. The van der Waals surface area contributed by atoms with E-state index in [4.69, 9.17) is 9.47 Å². The molecule has 0 amide bonds. The number of benzene rings is 1. The highest BCUT2D eigenvalue weighted by Crippen LogP contribution is 2.27. The zero-order valence-corrected chi connectivity index (χ0v) is 10.4. The molecule has 1 rings (SSSR count). The van der Waals surface area contributed by atoms with E-state index in [0.717, 1.165) is 37.4 Å². The Balaban J connectivity index is 2.54. The second-order valence-electron chi connectivity index (χ2n) is 3.65. The Labute approximate surface area is 97.8 Å². The average molecular weight is 223 g/mol. The van der Waals surface area contributed by atoms with Crippen LogP contribution in [0.3, 0.4) is 0 Å².